The predicted octanol–water partition coefficient (Wildman–Crippen LogP) is 3.29. The molecule has 6 nitrogen and oxygen atoms in total. The minimum atomic E-state index is -0.299. The van der Waals surface area contributed by atoms with E-state index in [1.165, 1.54) is 0 Å². The molecule has 0 bridgehead atoms. The number of esters is 1. The fourth-order valence-corrected chi connectivity index (χ4v) is 4.12. The van der Waals surface area contributed by atoms with E-state index in [4.69, 9.17) is 4.74 Å². The summed E-state index contributed by atoms with van der Waals surface area (Å²) in [7, 11) is 2.15. The number of fused-ring (bicyclic) bond motifs is 1. The highest BCUT2D eigenvalue weighted by Gasteiger charge is 2.16. The second-order valence-corrected chi connectivity index (χ2v) is 7.65. The van der Waals surface area contributed by atoms with E-state index in [2.05, 4.69) is 38.9 Å². The van der Waals surface area contributed by atoms with Gasteiger partial charge in [0.1, 0.15) is 10.8 Å². The molecule has 0 N–H and O–H groups in total. The number of ether oxygens (including phenoxy) is 1. The number of hydrogen-bond donors (Lipinski definition) is 0. The Labute approximate surface area is 162 Å². The van der Waals surface area contributed by atoms with Crippen molar-refractivity contribution in [3.8, 4) is 10.6 Å². The molecule has 140 valence electrons. The minimum absolute atomic E-state index is 0.299. The minimum Gasteiger partial charge on any atom is -0.462 e. The van der Waals surface area contributed by atoms with Crippen molar-refractivity contribution in [3.05, 3.63) is 42.1 Å². The van der Waals surface area contributed by atoms with Crippen molar-refractivity contribution in [1.29, 1.82) is 0 Å². The summed E-state index contributed by atoms with van der Waals surface area (Å²) in [6.45, 7) is 6.30. The summed E-state index contributed by atoms with van der Waals surface area (Å²) in [5.74, 6) is 0.713. The van der Waals surface area contributed by atoms with Gasteiger partial charge in [-0.2, -0.15) is 0 Å². The second kappa shape index (κ2) is 7.62. The molecule has 0 atom stereocenters. The first-order chi connectivity index (χ1) is 13.1. The molecule has 27 heavy (non-hydrogen) atoms. The molecule has 0 radical (unpaired) electrons. The summed E-state index contributed by atoms with van der Waals surface area (Å²) in [6, 6.07) is 9.62. The predicted molar refractivity (Wildman–Crippen MR) is 109 cm³/mol. The van der Waals surface area contributed by atoms with E-state index in [0.29, 0.717) is 12.2 Å². The lowest BCUT2D eigenvalue weighted by atomic mass is 10.2. The molecule has 1 aliphatic heterocycles. The molecule has 2 aromatic heterocycles. The third-order valence-electron chi connectivity index (χ3n) is 4.72. The SMILES string of the molecule is CCOC(=O)c1ccc2nc(-c3ccc(N4CCN(C)CC4)nc3)sc2c1. The third-order valence-corrected chi connectivity index (χ3v) is 5.79. The molecule has 1 aromatic carbocycles. The number of rotatable bonds is 4. The highest BCUT2D eigenvalue weighted by Crippen LogP contribution is 2.31. The van der Waals surface area contributed by atoms with Gasteiger partial charge in [0.05, 0.1) is 22.4 Å². The maximum absolute atomic E-state index is 11.9. The van der Waals surface area contributed by atoms with E-state index in [-0.39, 0.29) is 5.97 Å². The van der Waals surface area contributed by atoms with E-state index in [9.17, 15) is 4.79 Å². The zero-order valence-corrected chi connectivity index (χ0v) is 16.3. The Morgan fingerprint density at radius 3 is 2.70 bits per heavy atom. The molecule has 0 unspecified atom stereocenters. The van der Waals surface area contributed by atoms with Gasteiger partial charge in [-0.05, 0) is 44.3 Å². The molecule has 0 spiro atoms. The Balaban J connectivity index is 1.56. The number of benzene rings is 1. The molecule has 3 aromatic rings. The number of likely N-dealkylation sites (N-methyl/N-ethyl adjacent to an activating group) is 1. The molecule has 1 fully saturated rings. The summed E-state index contributed by atoms with van der Waals surface area (Å²) in [5, 5.41) is 0.906. The number of carbonyl (C=O) groups is 1. The van der Waals surface area contributed by atoms with Crippen molar-refractivity contribution in [2.75, 3.05) is 44.7 Å². The molecule has 1 aliphatic rings. The van der Waals surface area contributed by atoms with E-state index in [1.807, 2.05) is 18.3 Å². The lowest BCUT2D eigenvalue weighted by Gasteiger charge is -2.33. The summed E-state index contributed by atoms with van der Waals surface area (Å²) >= 11 is 1.56. The van der Waals surface area contributed by atoms with Crippen LogP contribution in [-0.4, -0.2) is 60.7 Å². The van der Waals surface area contributed by atoms with Gasteiger partial charge in [0, 0.05) is 37.9 Å². The molecular weight excluding hydrogens is 360 g/mol. The van der Waals surface area contributed by atoms with Gasteiger partial charge in [0.2, 0.25) is 0 Å². The zero-order valence-electron chi connectivity index (χ0n) is 15.5. The number of thiazole rings is 1. The summed E-state index contributed by atoms with van der Waals surface area (Å²) in [4.78, 5) is 25.9. The van der Waals surface area contributed by atoms with Crippen LogP contribution < -0.4 is 4.90 Å². The topological polar surface area (TPSA) is 58.6 Å². The van der Waals surface area contributed by atoms with Crippen LogP contribution in [0.1, 0.15) is 17.3 Å². The number of hydrogen-bond acceptors (Lipinski definition) is 7. The molecule has 1 saturated heterocycles. The van der Waals surface area contributed by atoms with Crippen LogP contribution in [0.2, 0.25) is 0 Å². The van der Waals surface area contributed by atoms with Crippen LogP contribution in [0.3, 0.4) is 0 Å². The van der Waals surface area contributed by atoms with Gasteiger partial charge in [0.25, 0.3) is 0 Å². The maximum atomic E-state index is 11.9. The van der Waals surface area contributed by atoms with Crippen molar-refractivity contribution < 1.29 is 9.53 Å². The molecule has 0 aliphatic carbocycles. The van der Waals surface area contributed by atoms with Gasteiger partial charge in [-0.1, -0.05) is 0 Å². The Hall–Kier alpha value is -2.51. The maximum Gasteiger partial charge on any atom is 0.338 e. The van der Waals surface area contributed by atoms with Gasteiger partial charge < -0.3 is 14.5 Å². The van der Waals surface area contributed by atoms with Crippen LogP contribution in [0.5, 0.6) is 0 Å². The quantitative estimate of drug-likeness (QED) is 0.646. The molecule has 4 rings (SSSR count). The summed E-state index contributed by atoms with van der Waals surface area (Å²) < 4.78 is 6.04. The van der Waals surface area contributed by atoms with Crippen LogP contribution in [0.25, 0.3) is 20.8 Å². The first-order valence-electron chi connectivity index (χ1n) is 9.11. The van der Waals surface area contributed by atoms with Crippen LogP contribution in [-0.2, 0) is 4.74 Å². The summed E-state index contributed by atoms with van der Waals surface area (Å²) in [6.07, 6.45) is 1.89. The largest absolute Gasteiger partial charge is 0.462 e. The molecule has 7 heteroatoms. The van der Waals surface area contributed by atoms with Gasteiger partial charge in [-0.25, -0.2) is 14.8 Å². The van der Waals surface area contributed by atoms with Crippen LogP contribution >= 0.6 is 11.3 Å². The van der Waals surface area contributed by atoms with E-state index < -0.39 is 0 Å². The van der Waals surface area contributed by atoms with Crippen LogP contribution in [0.15, 0.2) is 36.5 Å². The van der Waals surface area contributed by atoms with Crippen LogP contribution in [0.4, 0.5) is 5.82 Å². The lowest BCUT2D eigenvalue weighted by molar-refractivity contribution is 0.0526. The van der Waals surface area contributed by atoms with Crippen molar-refractivity contribution in [3.63, 3.8) is 0 Å². The Morgan fingerprint density at radius 1 is 1.19 bits per heavy atom. The van der Waals surface area contributed by atoms with E-state index >= 15 is 0 Å². The van der Waals surface area contributed by atoms with E-state index in [1.54, 1.807) is 24.3 Å². The standard InChI is InChI=1S/C20H22N4O2S/c1-3-26-20(25)14-4-6-16-17(12-14)27-19(22-16)15-5-7-18(21-13-15)24-10-8-23(2)9-11-24/h4-7,12-13H,3,8-11H2,1-2H3. The number of pyridine rings is 1. The Bertz CT molecular complexity index is 946. The molecular formula is C20H22N4O2S. The highest BCUT2D eigenvalue weighted by molar-refractivity contribution is 7.21. The van der Waals surface area contributed by atoms with Gasteiger partial charge >= 0.3 is 5.97 Å². The average molecular weight is 382 g/mol. The average Bonchev–Trinajstić information content (AvgIpc) is 3.12. The molecule has 0 amide bonds. The number of anilines is 1. The van der Waals surface area contributed by atoms with Gasteiger partial charge in [-0.15, -0.1) is 11.3 Å². The van der Waals surface area contributed by atoms with Gasteiger partial charge in [0.15, 0.2) is 0 Å². The number of piperazine rings is 1. The first kappa shape index (κ1) is 17.9. The van der Waals surface area contributed by atoms with Crippen molar-refractivity contribution in [2.45, 2.75) is 6.92 Å². The Kier molecular flexibility index (Phi) is 5.05. The smallest absolute Gasteiger partial charge is 0.338 e. The number of carbonyl (C=O) groups excluding carboxylic acids is 1. The van der Waals surface area contributed by atoms with Crippen molar-refractivity contribution >= 4 is 33.3 Å². The third kappa shape index (κ3) is 3.79. The molecule has 3 heterocycles. The fourth-order valence-electron chi connectivity index (χ4n) is 3.12. The fraction of sp³-hybridized carbons (Fsp3) is 0.350. The highest BCUT2D eigenvalue weighted by atomic mass is 32.1. The normalized spacial score (nSPS) is 15.3. The van der Waals surface area contributed by atoms with Crippen molar-refractivity contribution in [1.82, 2.24) is 14.9 Å². The van der Waals surface area contributed by atoms with E-state index in [0.717, 1.165) is 52.8 Å². The van der Waals surface area contributed by atoms with Gasteiger partial charge in [-0.3, -0.25) is 0 Å². The Morgan fingerprint density at radius 2 is 2.00 bits per heavy atom. The zero-order chi connectivity index (χ0) is 18.8. The molecule has 0 saturated carbocycles. The van der Waals surface area contributed by atoms with Crippen LogP contribution in [0, 0.1) is 0 Å². The first-order valence-corrected chi connectivity index (χ1v) is 9.93. The summed E-state index contributed by atoms with van der Waals surface area (Å²) in [5.41, 5.74) is 2.43. The van der Waals surface area contributed by atoms with Crippen molar-refractivity contribution in [2.24, 2.45) is 0 Å². The monoisotopic (exact) mass is 382 g/mol. The lowest BCUT2D eigenvalue weighted by Crippen LogP contribution is -2.44. The second-order valence-electron chi connectivity index (χ2n) is 6.62. The number of aromatic nitrogens is 2. The number of nitrogens with zero attached hydrogens (tertiary/aromatic N) is 4.